The summed E-state index contributed by atoms with van der Waals surface area (Å²) >= 11 is 0. The van der Waals surface area contributed by atoms with Crippen molar-refractivity contribution in [2.45, 2.75) is 51.1 Å². The molecule has 2 nitrogen and oxygen atoms in total. The molecule has 1 aromatic rings. The first kappa shape index (κ1) is 13.1. The largest absolute Gasteiger partial charge is 0.313 e. The highest BCUT2D eigenvalue weighted by Crippen LogP contribution is 2.19. The van der Waals surface area contributed by atoms with Crippen molar-refractivity contribution in [2.24, 2.45) is 0 Å². The van der Waals surface area contributed by atoms with Crippen LogP contribution in [0.2, 0.25) is 0 Å². The lowest BCUT2D eigenvalue weighted by Crippen LogP contribution is -2.40. The molecular formula is C17H26N2. The van der Waals surface area contributed by atoms with Gasteiger partial charge in [-0.25, -0.2) is 0 Å². The Morgan fingerprint density at radius 1 is 1.05 bits per heavy atom. The highest BCUT2D eigenvalue weighted by Gasteiger charge is 2.18. The van der Waals surface area contributed by atoms with Crippen molar-refractivity contribution in [2.75, 3.05) is 19.6 Å². The lowest BCUT2D eigenvalue weighted by molar-refractivity contribution is 0.234. The summed E-state index contributed by atoms with van der Waals surface area (Å²) in [6.07, 6.45) is 8.10. The minimum absolute atomic E-state index is 0.716. The van der Waals surface area contributed by atoms with Gasteiger partial charge in [-0.3, -0.25) is 4.90 Å². The molecule has 0 bridgehead atoms. The Labute approximate surface area is 117 Å². The Bertz CT molecular complexity index is 394. The summed E-state index contributed by atoms with van der Waals surface area (Å²) in [5.41, 5.74) is 3.12. The Morgan fingerprint density at radius 3 is 2.89 bits per heavy atom. The van der Waals surface area contributed by atoms with Crippen LogP contribution in [0.5, 0.6) is 0 Å². The predicted molar refractivity (Wildman–Crippen MR) is 80.3 cm³/mol. The van der Waals surface area contributed by atoms with E-state index in [1.165, 1.54) is 58.2 Å². The van der Waals surface area contributed by atoms with E-state index < -0.39 is 0 Å². The molecule has 19 heavy (non-hydrogen) atoms. The average Bonchev–Trinajstić information content (AvgIpc) is 2.79. The van der Waals surface area contributed by atoms with Gasteiger partial charge in [-0.05, 0) is 49.9 Å². The summed E-state index contributed by atoms with van der Waals surface area (Å²) in [5, 5.41) is 3.73. The maximum atomic E-state index is 3.73. The first-order chi connectivity index (χ1) is 9.42. The number of rotatable bonds is 2. The standard InChI is InChI=1S/C17H26N2/c1-2-10-17(18-11-5-1)14-19-12-6-9-15-7-3-4-8-16(15)13-19/h3-4,7-8,17-18H,1-2,5-6,9-14H2. The van der Waals surface area contributed by atoms with Crippen molar-refractivity contribution in [3.63, 3.8) is 0 Å². The second kappa shape index (κ2) is 6.53. The van der Waals surface area contributed by atoms with Crippen LogP contribution in [-0.4, -0.2) is 30.6 Å². The van der Waals surface area contributed by atoms with Gasteiger partial charge in [0.15, 0.2) is 0 Å². The summed E-state index contributed by atoms with van der Waals surface area (Å²) < 4.78 is 0. The van der Waals surface area contributed by atoms with Crippen LogP contribution in [-0.2, 0) is 13.0 Å². The highest BCUT2D eigenvalue weighted by atomic mass is 15.1. The Kier molecular flexibility index (Phi) is 4.52. The van der Waals surface area contributed by atoms with Crippen LogP contribution in [0, 0.1) is 0 Å². The van der Waals surface area contributed by atoms with Crippen LogP contribution in [0.25, 0.3) is 0 Å². The molecule has 0 amide bonds. The molecule has 1 N–H and O–H groups in total. The van der Waals surface area contributed by atoms with Gasteiger partial charge in [-0.2, -0.15) is 0 Å². The van der Waals surface area contributed by atoms with E-state index in [2.05, 4.69) is 34.5 Å². The maximum absolute atomic E-state index is 3.73. The average molecular weight is 258 g/mol. The molecule has 1 unspecified atom stereocenters. The fourth-order valence-corrected chi connectivity index (χ4v) is 3.49. The fourth-order valence-electron chi connectivity index (χ4n) is 3.49. The van der Waals surface area contributed by atoms with Crippen molar-refractivity contribution in [3.05, 3.63) is 35.4 Å². The summed E-state index contributed by atoms with van der Waals surface area (Å²) in [6.45, 7) is 4.85. The van der Waals surface area contributed by atoms with E-state index in [1.54, 1.807) is 11.1 Å². The van der Waals surface area contributed by atoms with Crippen LogP contribution in [0.3, 0.4) is 0 Å². The van der Waals surface area contributed by atoms with Gasteiger partial charge in [-0.15, -0.1) is 0 Å². The van der Waals surface area contributed by atoms with Crippen molar-refractivity contribution < 1.29 is 0 Å². The summed E-state index contributed by atoms with van der Waals surface area (Å²) in [6, 6.07) is 9.71. The monoisotopic (exact) mass is 258 g/mol. The summed E-state index contributed by atoms with van der Waals surface area (Å²) in [5.74, 6) is 0. The first-order valence-electron chi connectivity index (χ1n) is 7.94. The highest BCUT2D eigenvalue weighted by molar-refractivity contribution is 5.28. The molecule has 0 radical (unpaired) electrons. The number of aryl methyl sites for hydroxylation is 1. The predicted octanol–water partition coefficient (Wildman–Crippen LogP) is 2.97. The van der Waals surface area contributed by atoms with Crippen LogP contribution in [0.1, 0.15) is 43.2 Å². The number of nitrogens with zero attached hydrogens (tertiary/aromatic N) is 1. The molecule has 1 saturated heterocycles. The normalized spacial score (nSPS) is 25.4. The molecule has 3 rings (SSSR count). The number of benzene rings is 1. The lowest BCUT2D eigenvalue weighted by atomic mass is 10.0. The maximum Gasteiger partial charge on any atom is 0.0237 e. The Morgan fingerprint density at radius 2 is 1.95 bits per heavy atom. The fraction of sp³-hybridized carbons (Fsp3) is 0.647. The van der Waals surface area contributed by atoms with E-state index in [0.29, 0.717) is 6.04 Å². The van der Waals surface area contributed by atoms with Gasteiger partial charge in [0.1, 0.15) is 0 Å². The van der Waals surface area contributed by atoms with Gasteiger partial charge >= 0.3 is 0 Å². The third-order valence-electron chi connectivity index (χ3n) is 4.57. The van der Waals surface area contributed by atoms with Gasteiger partial charge in [0, 0.05) is 19.1 Å². The Hall–Kier alpha value is -0.860. The summed E-state index contributed by atoms with van der Waals surface area (Å²) in [7, 11) is 0. The zero-order chi connectivity index (χ0) is 12.9. The van der Waals surface area contributed by atoms with Crippen molar-refractivity contribution in [3.8, 4) is 0 Å². The van der Waals surface area contributed by atoms with E-state index in [4.69, 9.17) is 0 Å². The molecule has 1 fully saturated rings. The molecule has 2 heterocycles. The first-order valence-corrected chi connectivity index (χ1v) is 7.94. The van der Waals surface area contributed by atoms with E-state index in [9.17, 15) is 0 Å². The SMILES string of the molecule is c1ccc2c(c1)CCCN(CC1CCCCCN1)C2. The lowest BCUT2D eigenvalue weighted by Gasteiger charge is -2.26. The molecule has 104 valence electrons. The minimum Gasteiger partial charge on any atom is -0.313 e. The Balaban J connectivity index is 1.62. The molecule has 0 saturated carbocycles. The van der Waals surface area contributed by atoms with E-state index in [0.717, 1.165) is 6.54 Å². The van der Waals surface area contributed by atoms with E-state index in [-0.39, 0.29) is 0 Å². The van der Waals surface area contributed by atoms with Gasteiger partial charge < -0.3 is 5.32 Å². The molecule has 2 heteroatoms. The van der Waals surface area contributed by atoms with Crippen molar-refractivity contribution in [1.29, 1.82) is 0 Å². The zero-order valence-electron chi connectivity index (χ0n) is 11.9. The van der Waals surface area contributed by atoms with Crippen LogP contribution in [0.4, 0.5) is 0 Å². The smallest absolute Gasteiger partial charge is 0.0237 e. The summed E-state index contributed by atoms with van der Waals surface area (Å²) in [4.78, 5) is 2.66. The number of nitrogens with one attached hydrogen (secondary N) is 1. The molecule has 0 aromatic heterocycles. The molecule has 1 atom stereocenters. The molecular weight excluding hydrogens is 232 g/mol. The number of hydrogen-bond acceptors (Lipinski definition) is 2. The van der Waals surface area contributed by atoms with Crippen molar-refractivity contribution >= 4 is 0 Å². The number of fused-ring (bicyclic) bond motifs is 1. The zero-order valence-corrected chi connectivity index (χ0v) is 11.9. The minimum atomic E-state index is 0.716. The van der Waals surface area contributed by atoms with Gasteiger partial charge in [0.25, 0.3) is 0 Å². The van der Waals surface area contributed by atoms with Crippen LogP contribution < -0.4 is 5.32 Å². The second-order valence-corrected chi connectivity index (χ2v) is 6.11. The molecule has 0 aliphatic carbocycles. The van der Waals surface area contributed by atoms with Crippen molar-refractivity contribution in [1.82, 2.24) is 10.2 Å². The van der Waals surface area contributed by atoms with E-state index >= 15 is 0 Å². The molecule has 2 aliphatic rings. The molecule has 0 spiro atoms. The molecule has 1 aromatic carbocycles. The topological polar surface area (TPSA) is 15.3 Å². The van der Waals surface area contributed by atoms with Gasteiger partial charge in [0.2, 0.25) is 0 Å². The van der Waals surface area contributed by atoms with E-state index in [1.807, 2.05) is 0 Å². The third-order valence-corrected chi connectivity index (χ3v) is 4.57. The van der Waals surface area contributed by atoms with Gasteiger partial charge in [0.05, 0.1) is 0 Å². The van der Waals surface area contributed by atoms with Crippen LogP contribution >= 0.6 is 0 Å². The quantitative estimate of drug-likeness (QED) is 0.877. The van der Waals surface area contributed by atoms with Crippen LogP contribution in [0.15, 0.2) is 24.3 Å². The molecule has 2 aliphatic heterocycles. The third kappa shape index (κ3) is 3.58. The van der Waals surface area contributed by atoms with Gasteiger partial charge in [-0.1, -0.05) is 37.1 Å². The second-order valence-electron chi connectivity index (χ2n) is 6.11. The number of hydrogen-bond donors (Lipinski definition) is 1.